The first-order chi connectivity index (χ1) is 6.59. The molecule has 0 radical (unpaired) electrons. The van der Waals surface area contributed by atoms with Crippen LogP contribution in [0, 0.1) is 5.92 Å². The second kappa shape index (κ2) is 5.06. The molecule has 0 amide bonds. The Morgan fingerprint density at radius 1 is 1.43 bits per heavy atom. The molecule has 1 aliphatic rings. The van der Waals surface area contributed by atoms with Gasteiger partial charge in [0, 0.05) is 19.6 Å². The van der Waals surface area contributed by atoms with E-state index in [9.17, 15) is 8.42 Å². The second-order valence-corrected chi connectivity index (χ2v) is 5.36. The Hall–Kier alpha value is -0.170. The summed E-state index contributed by atoms with van der Waals surface area (Å²) < 4.78 is 27.3. The average Bonchev–Trinajstić information content (AvgIpc) is 2.67. The highest BCUT2D eigenvalue weighted by atomic mass is 32.2. The second-order valence-electron chi connectivity index (χ2n) is 3.71. The summed E-state index contributed by atoms with van der Waals surface area (Å²) in [5.74, 6) is 0.406. The number of nitrogens with two attached hydrogens (primary N) is 1. The lowest BCUT2D eigenvalue weighted by atomic mass is 9.99. The van der Waals surface area contributed by atoms with Gasteiger partial charge in [-0.25, -0.2) is 4.72 Å². The Morgan fingerprint density at radius 3 is 2.43 bits per heavy atom. The standard InChI is InChI=1S/C8H19N3O2S/c1-10-14(12,13)11-8(6-9)7-4-2-3-5-7/h7-8,10-11H,2-6,9H2,1H3. The predicted molar refractivity (Wildman–Crippen MR) is 55.9 cm³/mol. The molecular formula is C8H19N3O2S. The van der Waals surface area contributed by atoms with Gasteiger partial charge in [0.25, 0.3) is 10.2 Å². The monoisotopic (exact) mass is 221 g/mol. The van der Waals surface area contributed by atoms with Crippen molar-refractivity contribution in [3.8, 4) is 0 Å². The van der Waals surface area contributed by atoms with E-state index in [0.29, 0.717) is 12.5 Å². The van der Waals surface area contributed by atoms with Crippen molar-refractivity contribution >= 4 is 10.2 Å². The van der Waals surface area contributed by atoms with Gasteiger partial charge in [0.05, 0.1) is 0 Å². The van der Waals surface area contributed by atoms with Crippen molar-refractivity contribution in [3.05, 3.63) is 0 Å². The third-order valence-corrected chi connectivity index (χ3v) is 3.95. The van der Waals surface area contributed by atoms with E-state index in [0.717, 1.165) is 12.8 Å². The first-order valence-corrected chi connectivity index (χ1v) is 6.48. The quantitative estimate of drug-likeness (QED) is 0.588. The maximum Gasteiger partial charge on any atom is 0.276 e. The smallest absolute Gasteiger partial charge is 0.276 e. The molecule has 0 heterocycles. The molecule has 1 fully saturated rings. The van der Waals surface area contributed by atoms with Crippen molar-refractivity contribution in [3.63, 3.8) is 0 Å². The van der Waals surface area contributed by atoms with Crippen LogP contribution in [0.3, 0.4) is 0 Å². The largest absolute Gasteiger partial charge is 0.329 e. The molecule has 0 aromatic heterocycles. The van der Waals surface area contributed by atoms with Gasteiger partial charge >= 0.3 is 0 Å². The molecule has 0 aromatic rings. The molecule has 0 aromatic carbocycles. The highest BCUT2D eigenvalue weighted by Crippen LogP contribution is 2.27. The SMILES string of the molecule is CNS(=O)(=O)NC(CN)C1CCCC1. The number of hydrogen-bond acceptors (Lipinski definition) is 3. The summed E-state index contributed by atoms with van der Waals surface area (Å²) in [7, 11) is -1.95. The maximum absolute atomic E-state index is 11.2. The van der Waals surface area contributed by atoms with Gasteiger partial charge in [-0.1, -0.05) is 12.8 Å². The first-order valence-electron chi connectivity index (χ1n) is 5.00. The van der Waals surface area contributed by atoms with Crippen LogP contribution in [-0.2, 0) is 10.2 Å². The molecule has 1 aliphatic carbocycles. The van der Waals surface area contributed by atoms with E-state index in [1.165, 1.54) is 19.9 Å². The lowest BCUT2D eigenvalue weighted by Crippen LogP contribution is -2.48. The summed E-state index contributed by atoms with van der Waals surface area (Å²) >= 11 is 0. The molecule has 4 N–H and O–H groups in total. The highest BCUT2D eigenvalue weighted by Gasteiger charge is 2.26. The molecular weight excluding hydrogens is 202 g/mol. The zero-order valence-corrected chi connectivity index (χ0v) is 9.31. The van der Waals surface area contributed by atoms with Crippen LogP contribution in [0.25, 0.3) is 0 Å². The molecule has 1 saturated carbocycles. The Labute approximate surface area is 85.6 Å². The van der Waals surface area contributed by atoms with E-state index in [-0.39, 0.29) is 6.04 Å². The van der Waals surface area contributed by atoms with E-state index in [2.05, 4.69) is 9.44 Å². The van der Waals surface area contributed by atoms with Crippen LogP contribution in [0.1, 0.15) is 25.7 Å². The minimum atomic E-state index is -3.35. The van der Waals surface area contributed by atoms with Crippen LogP contribution >= 0.6 is 0 Å². The summed E-state index contributed by atoms with van der Waals surface area (Å²) in [6.07, 6.45) is 4.52. The summed E-state index contributed by atoms with van der Waals surface area (Å²) in [5, 5.41) is 0. The molecule has 0 saturated heterocycles. The molecule has 6 heteroatoms. The van der Waals surface area contributed by atoms with Gasteiger partial charge < -0.3 is 5.73 Å². The third kappa shape index (κ3) is 3.20. The molecule has 1 rings (SSSR count). The molecule has 1 unspecified atom stereocenters. The maximum atomic E-state index is 11.2. The van der Waals surface area contributed by atoms with Gasteiger partial charge in [0.2, 0.25) is 0 Å². The molecule has 5 nitrogen and oxygen atoms in total. The van der Waals surface area contributed by atoms with E-state index in [1.807, 2.05) is 0 Å². The first kappa shape index (κ1) is 11.9. The van der Waals surface area contributed by atoms with Gasteiger partial charge in [-0.3, -0.25) is 0 Å². The van der Waals surface area contributed by atoms with Gasteiger partial charge in [0.1, 0.15) is 0 Å². The zero-order valence-electron chi connectivity index (χ0n) is 8.49. The van der Waals surface area contributed by atoms with E-state index in [1.54, 1.807) is 0 Å². The third-order valence-electron chi connectivity index (χ3n) is 2.80. The van der Waals surface area contributed by atoms with E-state index >= 15 is 0 Å². The summed E-state index contributed by atoms with van der Waals surface area (Å²) in [6.45, 7) is 0.367. The number of hydrogen-bond donors (Lipinski definition) is 3. The van der Waals surface area contributed by atoms with Crippen molar-refractivity contribution in [1.82, 2.24) is 9.44 Å². The Balaban J connectivity index is 2.54. The van der Waals surface area contributed by atoms with Crippen LogP contribution < -0.4 is 15.2 Å². The van der Waals surface area contributed by atoms with Crippen LogP contribution in [0.2, 0.25) is 0 Å². The highest BCUT2D eigenvalue weighted by molar-refractivity contribution is 7.87. The van der Waals surface area contributed by atoms with Crippen LogP contribution in [0.5, 0.6) is 0 Å². The molecule has 0 bridgehead atoms. The molecule has 14 heavy (non-hydrogen) atoms. The topological polar surface area (TPSA) is 84.2 Å². The lowest BCUT2D eigenvalue weighted by molar-refractivity contribution is 0.404. The average molecular weight is 221 g/mol. The number of nitrogens with one attached hydrogen (secondary N) is 2. The fourth-order valence-electron chi connectivity index (χ4n) is 1.95. The molecule has 0 spiro atoms. The van der Waals surface area contributed by atoms with Gasteiger partial charge in [-0.2, -0.15) is 13.1 Å². The summed E-state index contributed by atoms with van der Waals surface area (Å²) in [6, 6.07) is -0.116. The summed E-state index contributed by atoms with van der Waals surface area (Å²) in [5.41, 5.74) is 5.56. The molecule has 0 aliphatic heterocycles. The Bertz CT molecular complexity index is 260. The normalized spacial score (nSPS) is 21.3. The van der Waals surface area contributed by atoms with Crippen molar-refractivity contribution in [1.29, 1.82) is 0 Å². The fraction of sp³-hybridized carbons (Fsp3) is 1.00. The van der Waals surface area contributed by atoms with Gasteiger partial charge in [0.15, 0.2) is 0 Å². The minimum Gasteiger partial charge on any atom is -0.329 e. The molecule has 1 atom stereocenters. The predicted octanol–water partition coefficient (Wildman–Crippen LogP) is -0.442. The Morgan fingerprint density at radius 2 is 2.00 bits per heavy atom. The Kier molecular flexibility index (Phi) is 4.31. The van der Waals surface area contributed by atoms with Crippen LogP contribution in [0.4, 0.5) is 0 Å². The minimum absolute atomic E-state index is 0.116. The van der Waals surface area contributed by atoms with Crippen LogP contribution in [-0.4, -0.2) is 28.1 Å². The van der Waals surface area contributed by atoms with Gasteiger partial charge in [-0.15, -0.1) is 0 Å². The van der Waals surface area contributed by atoms with Crippen molar-refractivity contribution in [2.45, 2.75) is 31.7 Å². The number of rotatable bonds is 5. The van der Waals surface area contributed by atoms with Crippen molar-refractivity contribution < 1.29 is 8.42 Å². The van der Waals surface area contributed by atoms with Crippen molar-refractivity contribution in [2.75, 3.05) is 13.6 Å². The van der Waals surface area contributed by atoms with Gasteiger partial charge in [-0.05, 0) is 18.8 Å². The van der Waals surface area contributed by atoms with E-state index < -0.39 is 10.2 Å². The van der Waals surface area contributed by atoms with Crippen LogP contribution in [0.15, 0.2) is 0 Å². The van der Waals surface area contributed by atoms with Crippen molar-refractivity contribution in [2.24, 2.45) is 11.7 Å². The lowest BCUT2D eigenvalue weighted by Gasteiger charge is -2.22. The molecule has 84 valence electrons. The zero-order chi connectivity index (χ0) is 10.6. The van der Waals surface area contributed by atoms with E-state index in [4.69, 9.17) is 5.73 Å². The summed E-state index contributed by atoms with van der Waals surface area (Å²) in [4.78, 5) is 0. The fourth-order valence-corrected chi connectivity index (χ4v) is 2.76.